The van der Waals surface area contributed by atoms with Crippen molar-refractivity contribution < 1.29 is 4.74 Å². The Morgan fingerprint density at radius 3 is 2.78 bits per heavy atom. The number of hydrogen-bond acceptors (Lipinski definition) is 2. The van der Waals surface area contributed by atoms with Crippen molar-refractivity contribution in [3.63, 3.8) is 0 Å². The largest absolute Gasteiger partial charge is 0.497 e. The van der Waals surface area contributed by atoms with Crippen molar-refractivity contribution in [2.75, 3.05) is 12.4 Å². The van der Waals surface area contributed by atoms with Crippen LogP contribution < -0.4 is 10.1 Å². The van der Waals surface area contributed by atoms with E-state index < -0.39 is 0 Å². The number of anilines is 1. The summed E-state index contributed by atoms with van der Waals surface area (Å²) in [7, 11) is 1.70. The molecule has 3 heteroatoms. The van der Waals surface area contributed by atoms with E-state index in [4.69, 9.17) is 16.3 Å². The van der Waals surface area contributed by atoms with Crippen molar-refractivity contribution in [2.24, 2.45) is 5.92 Å². The highest BCUT2D eigenvalue weighted by Gasteiger charge is 2.28. The van der Waals surface area contributed by atoms with Crippen LogP contribution in [0.3, 0.4) is 0 Å². The quantitative estimate of drug-likeness (QED) is 0.829. The van der Waals surface area contributed by atoms with Gasteiger partial charge in [0.1, 0.15) is 5.75 Å². The maximum absolute atomic E-state index is 6.36. The molecule has 1 aliphatic carbocycles. The number of alkyl halides is 1. The third-order valence-electron chi connectivity index (χ3n) is 3.97. The first-order chi connectivity index (χ1) is 8.61. The second-order valence-electron chi connectivity index (χ2n) is 5.24. The highest BCUT2D eigenvalue weighted by molar-refractivity contribution is 6.20. The monoisotopic (exact) mass is 267 g/mol. The number of methoxy groups -OCH3 is 1. The normalized spacial score (nSPS) is 27.9. The molecule has 2 nitrogen and oxygen atoms in total. The molecular weight excluding hydrogens is 246 g/mol. The van der Waals surface area contributed by atoms with E-state index in [9.17, 15) is 0 Å². The fraction of sp³-hybridized carbons (Fsp3) is 0.600. The number of hydrogen-bond donors (Lipinski definition) is 1. The molecule has 1 N–H and O–H groups in total. The van der Waals surface area contributed by atoms with E-state index in [1.807, 2.05) is 6.07 Å². The zero-order valence-corrected chi connectivity index (χ0v) is 12.1. The molecule has 3 atom stereocenters. The zero-order chi connectivity index (χ0) is 13.1. The number of ether oxygens (including phenoxy) is 1. The van der Waals surface area contributed by atoms with Gasteiger partial charge in [-0.1, -0.05) is 6.92 Å². The molecule has 0 aliphatic heterocycles. The molecule has 0 bridgehead atoms. The van der Waals surface area contributed by atoms with Gasteiger partial charge in [0.15, 0.2) is 0 Å². The summed E-state index contributed by atoms with van der Waals surface area (Å²) in [5.74, 6) is 1.42. The summed E-state index contributed by atoms with van der Waals surface area (Å²) in [4.78, 5) is 0. The molecule has 0 saturated heterocycles. The van der Waals surface area contributed by atoms with Crippen molar-refractivity contribution in [1.82, 2.24) is 0 Å². The van der Waals surface area contributed by atoms with Crippen LogP contribution in [-0.2, 0) is 0 Å². The first-order valence-electron chi connectivity index (χ1n) is 6.67. The molecule has 0 radical (unpaired) electrons. The predicted octanol–water partition coefficient (Wildman–Crippen LogP) is 4.21. The predicted molar refractivity (Wildman–Crippen MR) is 77.8 cm³/mol. The number of nitrogens with one attached hydrogen (secondary N) is 1. The minimum atomic E-state index is 0.301. The van der Waals surface area contributed by atoms with Crippen molar-refractivity contribution in [2.45, 2.75) is 44.5 Å². The van der Waals surface area contributed by atoms with E-state index in [1.165, 1.54) is 24.1 Å². The number of halogens is 1. The highest BCUT2D eigenvalue weighted by Crippen LogP contribution is 2.32. The van der Waals surface area contributed by atoms with E-state index in [-0.39, 0.29) is 0 Å². The van der Waals surface area contributed by atoms with Crippen LogP contribution >= 0.6 is 11.6 Å². The van der Waals surface area contributed by atoms with Crippen LogP contribution in [0.4, 0.5) is 5.69 Å². The molecule has 2 rings (SSSR count). The van der Waals surface area contributed by atoms with E-state index >= 15 is 0 Å². The van der Waals surface area contributed by atoms with E-state index in [0.717, 1.165) is 12.2 Å². The van der Waals surface area contributed by atoms with Crippen LogP contribution in [-0.4, -0.2) is 18.5 Å². The Kier molecular flexibility index (Phi) is 4.39. The summed E-state index contributed by atoms with van der Waals surface area (Å²) >= 11 is 6.36. The first kappa shape index (κ1) is 13.5. The lowest BCUT2D eigenvalue weighted by Crippen LogP contribution is -2.36. The number of rotatable bonds is 3. The van der Waals surface area contributed by atoms with Gasteiger partial charge in [-0.25, -0.2) is 0 Å². The Bertz CT molecular complexity index is 407. The summed E-state index contributed by atoms with van der Waals surface area (Å²) in [6.07, 6.45) is 3.56. The molecular formula is C15H22ClNO. The Morgan fingerprint density at radius 2 is 2.11 bits per heavy atom. The van der Waals surface area contributed by atoms with Crippen LogP contribution in [0.1, 0.15) is 31.7 Å². The Hall–Kier alpha value is -0.890. The lowest BCUT2D eigenvalue weighted by atomic mass is 9.85. The molecule has 0 spiro atoms. The summed E-state index contributed by atoms with van der Waals surface area (Å²) < 4.78 is 5.23. The molecule has 1 aliphatic rings. The Labute approximate surface area is 115 Å². The molecule has 1 aromatic rings. The van der Waals surface area contributed by atoms with Crippen LogP contribution in [0.2, 0.25) is 0 Å². The standard InChI is InChI=1S/C15H22ClNO/c1-10-9-12(18-3)7-8-14(10)17-15-6-4-5-13(16)11(15)2/h7-9,11,13,15,17H,4-6H2,1-3H3/t11-,13+,15+/m0/s1. The molecule has 1 aromatic carbocycles. The molecule has 1 saturated carbocycles. The molecule has 100 valence electrons. The van der Waals surface area contributed by atoms with Gasteiger partial charge in [-0.3, -0.25) is 0 Å². The van der Waals surface area contributed by atoms with Gasteiger partial charge in [0, 0.05) is 17.1 Å². The highest BCUT2D eigenvalue weighted by atomic mass is 35.5. The Morgan fingerprint density at radius 1 is 1.33 bits per heavy atom. The van der Waals surface area contributed by atoms with Crippen molar-refractivity contribution in [3.8, 4) is 5.75 Å². The average Bonchev–Trinajstić information content (AvgIpc) is 2.37. The van der Waals surface area contributed by atoms with Gasteiger partial charge in [0.2, 0.25) is 0 Å². The van der Waals surface area contributed by atoms with Crippen LogP contribution in [0.25, 0.3) is 0 Å². The van der Waals surface area contributed by atoms with Crippen molar-refractivity contribution in [1.29, 1.82) is 0 Å². The topological polar surface area (TPSA) is 21.3 Å². The number of aryl methyl sites for hydroxylation is 1. The van der Waals surface area contributed by atoms with Gasteiger partial charge in [-0.15, -0.1) is 11.6 Å². The van der Waals surface area contributed by atoms with Gasteiger partial charge in [0.05, 0.1) is 7.11 Å². The number of benzene rings is 1. The van der Waals surface area contributed by atoms with Crippen LogP contribution in [0, 0.1) is 12.8 Å². The van der Waals surface area contributed by atoms with Gasteiger partial charge in [-0.2, -0.15) is 0 Å². The summed E-state index contributed by atoms with van der Waals surface area (Å²) in [6, 6.07) is 6.64. The summed E-state index contributed by atoms with van der Waals surface area (Å²) in [5, 5.41) is 3.94. The van der Waals surface area contributed by atoms with Crippen LogP contribution in [0.15, 0.2) is 18.2 Å². The lowest BCUT2D eigenvalue weighted by Gasteiger charge is -2.34. The maximum Gasteiger partial charge on any atom is 0.119 e. The maximum atomic E-state index is 6.36. The minimum Gasteiger partial charge on any atom is -0.497 e. The van der Waals surface area contributed by atoms with Crippen molar-refractivity contribution >= 4 is 17.3 Å². The third kappa shape index (κ3) is 2.92. The van der Waals surface area contributed by atoms with E-state index in [0.29, 0.717) is 17.3 Å². The Balaban J connectivity index is 2.09. The fourth-order valence-electron chi connectivity index (χ4n) is 2.64. The average molecular weight is 268 g/mol. The smallest absolute Gasteiger partial charge is 0.119 e. The molecule has 0 unspecified atom stereocenters. The zero-order valence-electron chi connectivity index (χ0n) is 11.4. The fourth-order valence-corrected chi connectivity index (χ4v) is 2.97. The van der Waals surface area contributed by atoms with Crippen molar-refractivity contribution in [3.05, 3.63) is 23.8 Å². The summed E-state index contributed by atoms with van der Waals surface area (Å²) in [5.41, 5.74) is 2.41. The first-order valence-corrected chi connectivity index (χ1v) is 7.10. The summed E-state index contributed by atoms with van der Waals surface area (Å²) in [6.45, 7) is 4.35. The van der Waals surface area contributed by atoms with E-state index in [2.05, 4.69) is 31.3 Å². The molecule has 0 heterocycles. The molecule has 1 fully saturated rings. The second kappa shape index (κ2) is 5.83. The molecule has 0 amide bonds. The lowest BCUT2D eigenvalue weighted by molar-refractivity contribution is 0.356. The van der Waals surface area contributed by atoms with Gasteiger partial charge in [-0.05, 0) is 55.9 Å². The molecule has 18 heavy (non-hydrogen) atoms. The van der Waals surface area contributed by atoms with Gasteiger partial charge < -0.3 is 10.1 Å². The van der Waals surface area contributed by atoms with Gasteiger partial charge in [0.25, 0.3) is 0 Å². The second-order valence-corrected chi connectivity index (χ2v) is 5.80. The van der Waals surface area contributed by atoms with Crippen LogP contribution in [0.5, 0.6) is 5.75 Å². The third-order valence-corrected chi connectivity index (χ3v) is 4.59. The van der Waals surface area contributed by atoms with Gasteiger partial charge >= 0.3 is 0 Å². The molecule has 0 aromatic heterocycles. The van der Waals surface area contributed by atoms with E-state index in [1.54, 1.807) is 7.11 Å². The minimum absolute atomic E-state index is 0.301. The SMILES string of the molecule is COc1ccc(N[C@@H]2CCC[C@@H](Cl)[C@@H]2C)c(C)c1.